The standard InChI is InChI=1S/C21H30N2O3S/c1-3-4-5-6-10-13-23-14-22-19-17(20(23)24)15(2)18(27-19)21(25)26-16-11-8-7-9-12-16/h14,16H,3-13H2,1-2H3. The van der Waals surface area contributed by atoms with E-state index in [4.69, 9.17) is 4.74 Å². The Kier molecular flexibility index (Phi) is 7.05. The highest BCUT2D eigenvalue weighted by Gasteiger charge is 2.24. The lowest BCUT2D eigenvalue weighted by molar-refractivity contribution is 0.0216. The maximum absolute atomic E-state index is 12.9. The molecule has 148 valence electrons. The molecule has 6 heteroatoms. The molecule has 0 unspecified atom stereocenters. The van der Waals surface area contributed by atoms with Crippen molar-refractivity contribution < 1.29 is 9.53 Å². The van der Waals surface area contributed by atoms with E-state index in [1.165, 1.54) is 37.0 Å². The molecule has 0 saturated heterocycles. The summed E-state index contributed by atoms with van der Waals surface area (Å²) < 4.78 is 7.38. The summed E-state index contributed by atoms with van der Waals surface area (Å²) in [5.74, 6) is -0.298. The lowest BCUT2D eigenvalue weighted by Gasteiger charge is -2.21. The van der Waals surface area contributed by atoms with Gasteiger partial charge in [0, 0.05) is 6.54 Å². The van der Waals surface area contributed by atoms with E-state index in [0.29, 0.717) is 27.2 Å². The molecule has 0 aromatic carbocycles. The van der Waals surface area contributed by atoms with Crippen molar-refractivity contribution in [2.24, 2.45) is 0 Å². The van der Waals surface area contributed by atoms with E-state index >= 15 is 0 Å². The molecule has 2 aromatic heterocycles. The number of carbonyl (C=O) groups excluding carboxylic acids is 1. The first-order chi connectivity index (χ1) is 13.1. The van der Waals surface area contributed by atoms with Crippen LogP contribution in [-0.4, -0.2) is 21.6 Å². The zero-order valence-electron chi connectivity index (χ0n) is 16.5. The van der Waals surface area contributed by atoms with Gasteiger partial charge in [-0.1, -0.05) is 39.0 Å². The van der Waals surface area contributed by atoms with Gasteiger partial charge in [-0.2, -0.15) is 0 Å². The summed E-state index contributed by atoms with van der Waals surface area (Å²) in [6, 6.07) is 0. The number of thiophene rings is 1. The molecule has 0 amide bonds. The van der Waals surface area contributed by atoms with Crippen LogP contribution in [0, 0.1) is 6.92 Å². The van der Waals surface area contributed by atoms with Gasteiger partial charge in [0.05, 0.1) is 11.7 Å². The number of hydrogen-bond acceptors (Lipinski definition) is 5. The van der Waals surface area contributed by atoms with Crippen LogP contribution in [0.2, 0.25) is 0 Å². The molecule has 2 aromatic rings. The van der Waals surface area contributed by atoms with Crippen LogP contribution < -0.4 is 5.56 Å². The molecule has 0 N–H and O–H groups in total. The van der Waals surface area contributed by atoms with Crippen molar-refractivity contribution in [3.05, 3.63) is 27.1 Å². The summed E-state index contributed by atoms with van der Waals surface area (Å²) in [4.78, 5) is 31.1. The molecule has 5 nitrogen and oxygen atoms in total. The molecule has 0 radical (unpaired) electrons. The number of carbonyl (C=O) groups is 1. The molecule has 3 rings (SSSR count). The van der Waals surface area contributed by atoms with Crippen LogP contribution in [0.25, 0.3) is 10.2 Å². The number of rotatable bonds is 8. The molecule has 1 saturated carbocycles. The average Bonchev–Trinajstić information content (AvgIpc) is 3.01. The smallest absolute Gasteiger partial charge is 0.348 e. The zero-order valence-corrected chi connectivity index (χ0v) is 17.3. The number of unbranched alkanes of at least 4 members (excludes halogenated alkanes) is 4. The molecule has 27 heavy (non-hydrogen) atoms. The molecule has 0 atom stereocenters. The second-order valence-corrected chi connectivity index (χ2v) is 8.56. The number of nitrogens with zero attached hydrogens (tertiary/aromatic N) is 2. The van der Waals surface area contributed by atoms with Crippen LogP contribution in [0.15, 0.2) is 11.1 Å². The monoisotopic (exact) mass is 390 g/mol. The first-order valence-corrected chi connectivity index (χ1v) is 11.1. The molecular weight excluding hydrogens is 360 g/mol. The Labute approximate surface area is 164 Å². The third-order valence-corrected chi connectivity index (χ3v) is 6.61. The van der Waals surface area contributed by atoms with Crippen LogP contribution in [0.5, 0.6) is 0 Å². The van der Waals surface area contributed by atoms with Crippen LogP contribution >= 0.6 is 11.3 Å². The Morgan fingerprint density at radius 1 is 1.22 bits per heavy atom. The molecule has 1 aliphatic rings. The lowest BCUT2D eigenvalue weighted by atomic mass is 9.98. The van der Waals surface area contributed by atoms with Crippen LogP contribution in [0.3, 0.4) is 0 Å². The molecule has 2 heterocycles. The van der Waals surface area contributed by atoms with Crippen molar-refractivity contribution in [3.8, 4) is 0 Å². The summed E-state index contributed by atoms with van der Waals surface area (Å²) in [7, 11) is 0. The van der Waals surface area contributed by atoms with Gasteiger partial charge in [-0.25, -0.2) is 9.78 Å². The van der Waals surface area contributed by atoms with E-state index in [-0.39, 0.29) is 17.6 Å². The van der Waals surface area contributed by atoms with E-state index in [0.717, 1.165) is 38.5 Å². The zero-order chi connectivity index (χ0) is 19.2. The van der Waals surface area contributed by atoms with Gasteiger partial charge < -0.3 is 4.74 Å². The van der Waals surface area contributed by atoms with E-state index in [9.17, 15) is 9.59 Å². The van der Waals surface area contributed by atoms with E-state index in [1.807, 2.05) is 6.92 Å². The van der Waals surface area contributed by atoms with Crippen molar-refractivity contribution in [2.75, 3.05) is 0 Å². The lowest BCUT2D eigenvalue weighted by Crippen LogP contribution is -2.21. The number of fused-ring (bicyclic) bond motifs is 1. The molecule has 0 bridgehead atoms. The van der Waals surface area contributed by atoms with Crippen molar-refractivity contribution >= 4 is 27.5 Å². The van der Waals surface area contributed by atoms with Gasteiger partial charge >= 0.3 is 5.97 Å². The quantitative estimate of drug-likeness (QED) is 0.457. The van der Waals surface area contributed by atoms with Crippen molar-refractivity contribution in [1.29, 1.82) is 0 Å². The van der Waals surface area contributed by atoms with Crippen molar-refractivity contribution in [3.63, 3.8) is 0 Å². The Bertz CT molecular complexity index is 834. The molecule has 0 aliphatic heterocycles. The van der Waals surface area contributed by atoms with Crippen LogP contribution in [0.1, 0.15) is 86.4 Å². The highest BCUT2D eigenvalue weighted by atomic mass is 32.1. The number of esters is 1. The largest absolute Gasteiger partial charge is 0.458 e. The van der Waals surface area contributed by atoms with Crippen molar-refractivity contribution in [2.45, 2.75) is 90.7 Å². The molecular formula is C21H30N2O3S. The highest BCUT2D eigenvalue weighted by molar-refractivity contribution is 7.20. The summed E-state index contributed by atoms with van der Waals surface area (Å²) in [6.45, 7) is 4.71. The SMILES string of the molecule is CCCCCCCn1cnc2sc(C(=O)OC3CCCCC3)c(C)c2c1=O. The minimum absolute atomic E-state index is 0.0172. The number of ether oxygens (including phenoxy) is 1. The summed E-state index contributed by atoms with van der Waals surface area (Å²) in [6.07, 6.45) is 12.7. The Morgan fingerprint density at radius 3 is 2.70 bits per heavy atom. The Hall–Kier alpha value is -1.69. The fraction of sp³-hybridized carbons (Fsp3) is 0.667. The second-order valence-electron chi connectivity index (χ2n) is 7.56. The highest BCUT2D eigenvalue weighted by Crippen LogP contribution is 2.29. The van der Waals surface area contributed by atoms with E-state index in [2.05, 4.69) is 11.9 Å². The van der Waals surface area contributed by atoms with E-state index < -0.39 is 0 Å². The van der Waals surface area contributed by atoms with Gasteiger partial charge in [0.15, 0.2) is 0 Å². The predicted octanol–water partition coefficient (Wildman–Crippen LogP) is 5.23. The van der Waals surface area contributed by atoms with Crippen molar-refractivity contribution in [1.82, 2.24) is 9.55 Å². The van der Waals surface area contributed by atoms with Gasteiger partial charge in [0.2, 0.25) is 0 Å². The van der Waals surface area contributed by atoms with Gasteiger partial charge in [0.1, 0.15) is 15.8 Å². The third kappa shape index (κ3) is 4.78. The fourth-order valence-electron chi connectivity index (χ4n) is 3.79. The second kappa shape index (κ2) is 9.49. The summed E-state index contributed by atoms with van der Waals surface area (Å²) in [5.41, 5.74) is 0.676. The average molecular weight is 391 g/mol. The van der Waals surface area contributed by atoms with Gasteiger partial charge in [-0.3, -0.25) is 9.36 Å². The van der Waals surface area contributed by atoms with E-state index in [1.54, 1.807) is 10.9 Å². The summed E-state index contributed by atoms with van der Waals surface area (Å²) in [5, 5.41) is 0.576. The topological polar surface area (TPSA) is 61.2 Å². The van der Waals surface area contributed by atoms with Gasteiger partial charge in [-0.05, 0) is 44.6 Å². The third-order valence-electron chi connectivity index (χ3n) is 5.43. The maximum atomic E-state index is 12.9. The first kappa shape index (κ1) is 20.1. The normalized spacial score (nSPS) is 15.3. The van der Waals surface area contributed by atoms with Crippen LogP contribution in [-0.2, 0) is 11.3 Å². The first-order valence-electron chi connectivity index (χ1n) is 10.3. The number of hydrogen-bond donors (Lipinski definition) is 0. The van der Waals surface area contributed by atoms with Crippen LogP contribution in [0.4, 0.5) is 0 Å². The van der Waals surface area contributed by atoms with Gasteiger partial charge in [-0.15, -0.1) is 11.3 Å². The summed E-state index contributed by atoms with van der Waals surface area (Å²) >= 11 is 1.28. The van der Waals surface area contributed by atoms with Gasteiger partial charge in [0.25, 0.3) is 5.56 Å². The number of aromatic nitrogens is 2. The molecule has 0 spiro atoms. The molecule has 1 aliphatic carbocycles. The fourth-order valence-corrected chi connectivity index (χ4v) is 4.81. The maximum Gasteiger partial charge on any atom is 0.348 e. The molecule has 1 fully saturated rings. The minimum Gasteiger partial charge on any atom is -0.458 e. The Balaban J connectivity index is 1.74. The Morgan fingerprint density at radius 2 is 1.96 bits per heavy atom. The predicted molar refractivity (Wildman–Crippen MR) is 110 cm³/mol. The number of aryl methyl sites for hydroxylation is 2. The minimum atomic E-state index is -0.298.